The molecule has 1 aromatic rings. The molecule has 0 saturated heterocycles. The van der Waals surface area contributed by atoms with Crippen molar-refractivity contribution in [2.24, 2.45) is 0 Å². The van der Waals surface area contributed by atoms with Crippen LogP contribution >= 0.6 is 11.6 Å². The molecule has 4 nitrogen and oxygen atoms in total. The van der Waals surface area contributed by atoms with Crippen molar-refractivity contribution < 1.29 is 4.79 Å². The topological polar surface area (TPSA) is 45.2 Å². The summed E-state index contributed by atoms with van der Waals surface area (Å²) in [6.07, 6.45) is 1.50. The number of anilines is 1. The van der Waals surface area contributed by atoms with E-state index >= 15 is 0 Å². The van der Waals surface area contributed by atoms with Gasteiger partial charge in [-0.15, -0.1) is 0 Å². The Labute approximate surface area is 107 Å². The van der Waals surface area contributed by atoms with Gasteiger partial charge in [-0.3, -0.25) is 4.79 Å². The summed E-state index contributed by atoms with van der Waals surface area (Å²) in [7, 11) is 1.76. The van der Waals surface area contributed by atoms with Crippen LogP contribution in [0.25, 0.3) is 0 Å². The molecule has 0 atom stereocenters. The van der Waals surface area contributed by atoms with Gasteiger partial charge in [0.05, 0.1) is 10.6 Å². The highest BCUT2D eigenvalue weighted by Crippen LogP contribution is 2.20. The molecule has 0 unspecified atom stereocenters. The van der Waals surface area contributed by atoms with Crippen molar-refractivity contribution in [2.45, 2.75) is 26.8 Å². The second kappa shape index (κ2) is 5.87. The van der Waals surface area contributed by atoms with Crippen molar-refractivity contribution in [3.8, 4) is 0 Å². The number of nitrogens with zero attached hydrogens (tertiary/aromatic N) is 2. The van der Waals surface area contributed by atoms with E-state index in [2.05, 4.69) is 10.3 Å². The van der Waals surface area contributed by atoms with Gasteiger partial charge in [-0.25, -0.2) is 4.98 Å². The molecular weight excluding hydrogens is 238 g/mol. The molecule has 0 aromatic carbocycles. The number of pyridine rings is 1. The third-order valence-corrected chi connectivity index (χ3v) is 2.84. The third-order valence-electron chi connectivity index (χ3n) is 2.54. The highest BCUT2D eigenvalue weighted by Gasteiger charge is 2.18. The van der Waals surface area contributed by atoms with E-state index in [4.69, 9.17) is 11.6 Å². The maximum Gasteiger partial charge on any atom is 0.255 e. The van der Waals surface area contributed by atoms with Gasteiger partial charge in [0.25, 0.3) is 5.91 Å². The molecule has 1 rings (SSSR count). The number of hydrogen-bond acceptors (Lipinski definition) is 3. The van der Waals surface area contributed by atoms with Crippen molar-refractivity contribution in [1.82, 2.24) is 9.88 Å². The summed E-state index contributed by atoms with van der Waals surface area (Å²) in [6, 6.07) is 1.82. The monoisotopic (exact) mass is 255 g/mol. The van der Waals surface area contributed by atoms with E-state index in [9.17, 15) is 4.79 Å². The fourth-order valence-electron chi connectivity index (χ4n) is 1.30. The zero-order chi connectivity index (χ0) is 13.0. The zero-order valence-electron chi connectivity index (χ0n) is 10.6. The normalized spacial score (nSPS) is 10.5. The predicted octanol–water partition coefficient (Wildman–Crippen LogP) is 2.65. The van der Waals surface area contributed by atoms with Crippen molar-refractivity contribution in [3.63, 3.8) is 0 Å². The van der Waals surface area contributed by atoms with Gasteiger partial charge in [0.15, 0.2) is 0 Å². The van der Waals surface area contributed by atoms with E-state index in [0.29, 0.717) is 16.4 Å². The highest BCUT2D eigenvalue weighted by atomic mass is 35.5. The third kappa shape index (κ3) is 3.33. The largest absolute Gasteiger partial charge is 0.370 e. The van der Waals surface area contributed by atoms with E-state index < -0.39 is 0 Å². The second-order valence-corrected chi connectivity index (χ2v) is 4.50. The summed E-state index contributed by atoms with van der Waals surface area (Å²) < 4.78 is 0. The van der Waals surface area contributed by atoms with Gasteiger partial charge in [0, 0.05) is 25.8 Å². The molecule has 1 heterocycles. The van der Waals surface area contributed by atoms with Crippen molar-refractivity contribution in [1.29, 1.82) is 0 Å². The standard InChI is InChI=1S/C12H18ClN3O/c1-5-14-11-6-9(10(13)7-15-11)12(17)16(4)8(2)3/h6-8H,5H2,1-4H3,(H,14,15). The minimum absolute atomic E-state index is 0.0912. The van der Waals surface area contributed by atoms with Crippen LogP contribution in [0.15, 0.2) is 12.3 Å². The molecule has 0 aliphatic heterocycles. The quantitative estimate of drug-likeness (QED) is 0.900. The maximum absolute atomic E-state index is 12.1. The SMILES string of the molecule is CCNc1cc(C(=O)N(C)C(C)C)c(Cl)cn1. The van der Waals surface area contributed by atoms with Crippen molar-refractivity contribution >= 4 is 23.3 Å². The molecule has 0 radical (unpaired) electrons. The summed E-state index contributed by atoms with van der Waals surface area (Å²) in [5.74, 6) is 0.573. The molecule has 0 fully saturated rings. The Morgan fingerprint density at radius 2 is 2.24 bits per heavy atom. The summed E-state index contributed by atoms with van der Waals surface area (Å²) in [5, 5.41) is 3.44. The summed E-state index contributed by atoms with van der Waals surface area (Å²) >= 11 is 6.00. The number of carbonyl (C=O) groups is 1. The van der Waals surface area contributed by atoms with E-state index in [1.165, 1.54) is 6.20 Å². The number of aromatic nitrogens is 1. The molecule has 0 aliphatic rings. The summed E-state index contributed by atoms with van der Waals surface area (Å²) in [4.78, 5) is 17.9. The fraction of sp³-hybridized carbons (Fsp3) is 0.500. The second-order valence-electron chi connectivity index (χ2n) is 4.09. The first-order valence-corrected chi connectivity index (χ1v) is 6.01. The lowest BCUT2D eigenvalue weighted by molar-refractivity contribution is 0.0755. The van der Waals surface area contributed by atoms with Gasteiger partial charge in [0.2, 0.25) is 0 Å². The Morgan fingerprint density at radius 1 is 1.59 bits per heavy atom. The first-order chi connectivity index (χ1) is 7.97. The number of hydrogen-bond donors (Lipinski definition) is 1. The molecule has 94 valence electrons. The molecule has 1 N–H and O–H groups in total. The minimum atomic E-state index is -0.0912. The zero-order valence-corrected chi connectivity index (χ0v) is 11.4. The van der Waals surface area contributed by atoms with E-state index in [-0.39, 0.29) is 11.9 Å². The Hall–Kier alpha value is -1.29. The Kier molecular flexibility index (Phi) is 4.75. The van der Waals surface area contributed by atoms with Crippen LogP contribution in [0.5, 0.6) is 0 Å². The molecule has 0 bridgehead atoms. The molecule has 5 heteroatoms. The lowest BCUT2D eigenvalue weighted by atomic mass is 10.2. The fourth-order valence-corrected chi connectivity index (χ4v) is 1.49. The first-order valence-electron chi connectivity index (χ1n) is 5.64. The molecule has 1 amide bonds. The molecule has 0 aliphatic carbocycles. The lowest BCUT2D eigenvalue weighted by Gasteiger charge is -2.22. The highest BCUT2D eigenvalue weighted by molar-refractivity contribution is 6.33. The van der Waals surface area contributed by atoms with Gasteiger partial charge in [-0.05, 0) is 26.8 Å². The van der Waals surface area contributed by atoms with Crippen LogP contribution in [-0.4, -0.2) is 35.4 Å². The number of nitrogens with one attached hydrogen (secondary N) is 1. The van der Waals surface area contributed by atoms with Crippen LogP contribution in [0, 0.1) is 0 Å². The molecule has 0 saturated carbocycles. The van der Waals surface area contributed by atoms with Gasteiger partial charge in [-0.2, -0.15) is 0 Å². The smallest absolute Gasteiger partial charge is 0.255 e. The molecule has 1 aromatic heterocycles. The Bertz CT molecular complexity index is 407. The van der Waals surface area contributed by atoms with Crippen LogP contribution in [0.3, 0.4) is 0 Å². The Morgan fingerprint density at radius 3 is 2.76 bits per heavy atom. The van der Waals surface area contributed by atoms with Crippen LogP contribution in [0.2, 0.25) is 5.02 Å². The molecule has 17 heavy (non-hydrogen) atoms. The van der Waals surface area contributed by atoms with E-state index in [0.717, 1.165) is 6.54 Å². The number of carbonyl (C=O) groups excluding carboxylic acids is 1. The molecule has 0 spiro atoms. The van der Waals surface area contributed by atoms with E-state index in [1.54, 1.807) is 18.0 Å². The summed E-state index contributed by atoms with van der Waals surface area (Å²) in [5.41, 5.74) is 0.480. The van der Waals surface area contributed by atoms with Crippen LogP contribution in [0.4, 0.5) is 5.82 Å². The summed E-state index contributed by atoms with van der Waals surface area (Å²) in [6.45, 7) is 6.64. The van der Waals surface area contributed by atoms with Crippen LogP contribution < -0.4 is 5.32 Å². The molecular formula is C12H18ClN3O. The maximum atomic E-state index is 12.1. The van der Waals surface area contributed by atoms with Gasteiger partial charge < -0.3 is 10.2 Å². The average molecular weight is 256 g/mol. The van der Waals surface area contributed by atoms with Crippen molar-refractivity contribution in [2.75, 3.05) is 18.9 Å². The Balaban J connectivity index is 3.03. The first kappa shape index (κ1) is 13.8. The average Bonchev–Trinajstić information content (AvgIpc) is 2.30. The van der Waals surface area contributed by atoms with Gasteiger partial charge >= 0.3 is 0 Å². The predicted molar refractivity (Wildman–Crippen MR) is 70.6 cm³/mol. The van der Waals surface area contributed by atoms with Gasteiger partial charge in [-0.1, -0.05) is 11.6 Å². The van der Waals surface area contributed by atoms with Gasteiger partial charge in [0.1, 0.15) is 5.82 Å². The van der Waals surface area contributed by atoms with Crippen LogP contribution in [0.1, 0.15) is 31.1 Å². The lowest BCUT2D eigenvalue weighted by Crippen LogP contribution is -2.33. The number of halogens is 1. The number of rotatable bonds is 4. The van der Waals surface area contributed by atoms with Crippen molar-refractivity contribution in [3.05, 3.63) is 22.8 Å². The van der Waals surface area contributed by atoms with Crippen LogP contribution in [-0.2, 0) is 0 Å². The number of amides is 1. The van der Waals surface area contributed by atoms with E-state index in [1.807, 2.05) is 20.8 Å². The minimum Gasteiger partial charge on any atom is -0.370 e.